The molecule has 3 atom stereocenters. The Morgan fingerprint density at radius 1 is 1.18 bits per heavy atom. The van der Waals surface area contributed by atoms with Crippen LogP contribution in [0, 0.1) is 11.8 Å². The van der Waals surface area contributed by atoms with Crippen LogP contribution in [0.2, 0.25) is 18.1 Å². The number of rotatable bonds is 11. The molecule has 0 unspecified atom stereocenters. The van der Waals surface area contributed by atoms with Gasteiger partial charge in [-0.1, -0.05) is 46.1 Å². The van der Waals surface area contributed by atoms with Gasteiger partial charge in [0.25, 0.3) is 0 Å². The van der Waals surface area contributed by atoms with Crippen LogP contribution in [0.5, 0.6) is 0 Å². The Kier molecular flexibility index (Phi) is 9.77. The van der Waals surface area contributed by atoms with Crippen molar-refractivity contribution < 1.29 is 23.5 Å². The van der Waals surface area contributed by atoms with Crippen LogP contribution in [0.3, 0.4) is 0 Å². The minimum Gasteiger partial charge on any atom is -0.469 e. The van der Waals surface area contributed by atoms with E-state index in [1.165, 1.54) is 13.2 Å². The number of esters is 1. The maximum Gasteiger partial charge on any atom is 0.305 e. The maximum absolute atomic E-state index is 12.7. The molecule has 0 amide bonds. The molecule has 0 N–H and O–H groups in total. The van der Waals surface area contributed by atoms with Gasteiger partial charge in [-0.05, 0) is 37.0 Å². The largest absolute Gasteiger partial charge is 0.469 e. The highest BCUT2D eigenvalue weighted by atomic mass is 28.4. The second-order valence-electron chi connectivity index (χ2n) is 9.32. The number of aldehydes is 1. The number of allylic oxidation sites excluding steroid dienone is 1. The third kappa shape index (κ3) is 7.28. The molecule has 1 saturated carbocycles. The van der Waals surface area contributed by atoms with Crippen molar-refractivity contribution in [1.29, 1.82) is 0 Å². The number of carbonyl (C=O) groups is 3. The highest BCUT2D eigenvalue weighted by molar-refractivity contribution is 6.74. The van der Waals surface area contributed by atoms with Gasteiger partial charge in [0.05, 0.1) is 13.2 Å². The lowest BCUT2D eigenvalue weighted by atomic mass is 9.89. The van der Waals surface area contributed by atoms with Crippen LogP contribution in [-0.2, 0) is 23.5 Å². The summed E-state index contributed by atoms with van der Waals surface area (Å²) in [7, 11) is -0.586. The molecule has 5 nitrogen and oxygen atoms in total. The van der Waals surface area contributed by atoms with E-state index in [2.05, 4.69) is 38.6 Å². The molecule has 0 aliphatic heterocycles. The van der Waals surface area contributed by atoms with E-state index in [1.54, 1.807) is 0 Å². The van der Waals surface area contributed by atoms with Crippen molar-refractivity contribution >= 4 is 26.4 Å². The average Bonchev–Trinajstić information content (AvgIpc) is 2.88. The zero-order valence-corrected chi connectivity index (χ0v) is 19.5. The zero-order chi connectivity index (χ0) is 21.4. The van der Waals surface area contributed by atoms with E-state index < -0.39 is 8.32 Å². The number of Topliss-reactive ketones (excluding diaryl/α,β-unsaturated/α-hetero) is 1. The topological polar surface area (TPSA) is 69.7 Å². The fraction of sp³-hybridized carbons (Fsp3) is 0.773. The molecule has 28 heavy (non-hydrogen) atoms. The van der Waals surface area contributed by atoms with Gasteiger partial charge in [-0.2, -0.15) is 0 Å². The van der Waals surface area contributed by atoms with E-state index in [4.69, 9.17) is 4.43 Å². The molecule has 0 aromatic carbocycles. The monoisotopic (exact) mass is 410 g/mol. The molecule has 1 fully saturated rings. The molecule has 0 aromatic heterocycles. The van der Waals surface area contributed by atoms with E-state index in [1.807, 2.05) is 6.08 Å². The molecule has 0 saturated heterocycles. The number of unbranched alkanes of at least 4 members (excludes halogenated alkanes) is 3. The van der Waals surface area contributed by atoms with Gasteiger partial charge in [0.15, 0.2) is 8.32 Å². The predicted molar refractivity (Wildman–Crippen MR) is 114 cm³/mol. The van der Waals surface area contributed by atoms with E-state index in [9.17, 15) is 14.4 Å². The van der Waals surface area contributed by atoms with Gasteiger partial charge in [-0.3, -0.25) is 14.4 Å². The summed E-state index contributed by atoms with van der Waals surface area (Å²) < 4.78 is 11.2. The van der Waals surface area contributed by atoms with Crippen LogP contribution < -0.4 is 0 Å². The average molecular weight is 411 g/mol. The van der Waals surface area contributed by atoms with Gasteiger partial charge in [-0.25, -0.2) is 0 Å². The maximum atomic E-state index is 12.7. The van der Waals surface area contributed by atoms with Crippen LogP contribution in [-0.4, -0.2) is 39.6 Å². The first-order chi connectivity index (χ1) is 13.0. The first kappa shape index (κ1) is 24.8. The second kappa shape index (κ2) is 11.1. The summed E-state index contributed by atoms with van der Waals surface area (Å²) in [5.41, 5.74) is 0. The summed E-state index contributed by atoms with van der Waals surface area (Å²) in [6.07, 6.45) is 9.42. The van der Waals surface area contributed by atoms with E-state index >= 15 is 0 Å². The van der Waals surface area contributed by atoms with E-state index in [0.29, 0.717) is 12.8 Å². The molecule has 1 aliphatic carbocycles. The fourth-order valence-corrected chi connectivity index (χ4v) is 4.86. The lowest BCUT2D eigenvalue weighted by Gasteiger charge is -2.39. The van der Waals surface area contributed by atoms with Gasteiger partial charge < -0.3 is 9.16 Å². The lowest BCUT2D eigenvalue weighted by Crippen LogP contribution is -2.45. The molecular weight excluding hydrogens is 372 g/mol. The third-order valence-corrected chi connectivity index (χ3v) is 10.8. The van der Waals surface area contributed by atoms with Crippen LogP contribution in [0.4, 0.5) is 0 Å². The number of carbonyl (C=O) groups excluding carboxylic acids is 3. The smallest absolute Gasteiger partial charge is 0.305 e. The van der Waals surface area contributed by atoms with E-state index in [0.717, 1.165) is 38.4 Å². The molecule has 0 spiro atoms. The normalized spacial score (nSPS) is 23.4. The van der Waals surface area contributed by atoms with Crippen molar-refractivity contribution in [2.45, 2.75) is 90.0 Å². The molecule has 1 rings (SSSR count). The number of methoxy groups -OCH3 is 1. The Bertz CT molecular complexity index is 562. The summed E-state index contributed by atoms with van der Waals surface area (Å²) >= 11 is 0. The molecule has 160 valence electrons. The minimum atomic E-state index is -1.99. The van der Waals surface area contributed by atoms with Crippen LogP contribution in [0.25, 0.3) is 0 Å². The van der Waals surface area contributed by atoms with Crippen molar-refractivity contribution in [1.82, 2.24) is 0 Å². The highest BCUT2D eigenvalue weighted by Crippen LogP contribution is 2.43. The molecule has 1 aliphatic rings. The molecule has 6 heteroatoms. The minimum absolute atomic E-state index is 0.0260. The van der Waals surface area contributed by atoms with Crippen molar-refractivity contribution in [3.8, 4) is 0 Å². The summed E-state index contributed by atoms with van der Waals surface area (Å²) in [5.74, 6) is -0.0251. The third-order valence-electron chi connectivity index (χ3n) is 6.25. The molecular formula is C22H38O5Si. The first-order valence-corrected chi connectivity index (χ1v) is 13.3. The SMILES string of the molecule is COC(=O)CCCCCC[C@H]1C(=O)C[C@@H](O[Si](C)(C)C(C)(C)C)[C@@H]1C=CC=O. The number of hydrogen-bond acceptors (Lipinski definition) is 5. The Morgan fingerprint density at radius 3 is 2.39 bits per heavy atom. The van der Waals surface area contributed by atoms with Crippen LogP contribution in [0.1, 0.15) is 65.7 Å². The quantitative estimate of drug-likeness (QED) is 0.160. The molecule has 0 radical (unpaired) electrons. The number of ether oxygens (including phenoxy) is 1. The summed E-state index contributed by atoms with van der Waals surface area (Å²) in [4.78, 5) is 34.7. The fourth-order valence-electron chi connectivity index (χ4n) is 3.51. The van der Waals surface area contributed by atoms with Gasteiger partial charge in [-0.15, -0.1) is 0 Å². The summed E-state index contributed by atoms with van der Waals surface area (Å²) in [6, 6.07) is 0. The van der Waals surface area contributed by atoms with Gasteiger partial charge >= 0.3 is 5.97 Å². The first-order valence-electron chi connectivity index (χ1n) is 10.4. The molecule has 0 heterocycles. The Balaban J connectivity index is 2.67. The van der Waals surface area contributed by atoms with Crippen LogP contribution in [0.15, 0.2) is 12.2 Å². The number of hydrogen-bond donors (Lipinski definition) is 0. The van der Waals surface area contributed by atoms with Gasteiger partial charge in [0.1, 0.15) is 12.1 Å². The lowest BCUT2D eigenvalue weighted by molar-refractivity contribution is -0.140. The predicted octanol–water partition coefficient (Wildman–Crippen LogP) is 4.85. The summed E-state index contributed by atoms with van der Waals surface area (Å²) in [6.45, 7) is 11.0. The van der Waals surface area contributed by atoms with Crippen molar-refractivity contribution in [3.05, 3.63) is 12.2 Å². The van der Waals surface area contributed by atoms with Crippen molar-refractivity contribution in [2.24, 2.45) is 11.8 Å². The zero-order valence-electron chi connectivity index (χ0n) is 18.5. The Hall–Kier alpha value is -1.27. The van der Waals surface area contributed by atoms with Gasteiger partial charge in [0.2, 0.25) is 0 Å². The van der Waals surface area contributed by atoms with Crippen LogP contribution >= 0.6 is 0 Å². The highest BCUT2D eigenvalue weighted by Gasteiger charge is 2.46. The van der Waals surface area contributed by atoms with Crippen molar-refractivity contribution in [2.75, 3.05) is 7.11 Å². The van der Waals surface area contributed by atoms with Gasteiger partial charge in [0, 0.05) is 24.7 Å². The standard InChI is InChI=1S/C22H38O5Si/c1-22(2,3)28(5,6)27-20-16-19(24)17(18(20)13-11-15-23)12-9-7-8-10-14-21(25)26-4/h11,13,15,17-18,20H,7-10,12,14,16H2,1-6H3/t17-,18-,20-/m1/s1. The van der Waals surface area contributed by atoms with E-state index in [-0.39, 0.29) is 34.7 Å². The van der Waals surface area contributed by atoms with Crippen molar-refractivity contribution in [3.63, 3.8) is 0 Å². The Labute approximate surface area is 171 Å². The molecule has 0 aromatic rings. The second-order valence-corrected chi connectivity index (χ2v) is 14.1. The number of ketones is 1. The molecule has 0 bridgehead atoms. The summed E-state index contributed by atoms with van der Waals surface area (Å²) in [5, 5.41) is 0.0761. The Morgan fingerprint density at radius 2 is 1.82 bits per heavy atom.